The van der Waals surface area contributed by atoms with Crippen molar-refractivity contribution in [1.82, 2.24) is 5.32 Å². The number of halogens is 3. The van der Waals surface area contributed by atoms with Gasteiger partial charge in [0.05, 0.1) is 6.54 Å². The Labute approximate surface area is 99.0 Å². The molecule has 0 aromatic heterocycles. The summed E-state index contributed by atoms with van der Waals surface area (Å²) in [4.78, 5) is 0. The van der Waals surface area contributed by atoms with Crippen LogP contribution in [0.3, 0.4) is 0 Å². The number of rotatable bonds is 3. The molecule has 0 amide bonds. The highest BCUT2D eigenvalue weighted by molar-refractivity contribution is 5.36. The number of hydrogen-bond acceptors (Lipinski definition) is 1. The minimum Gasteiger partial charge on any atom is -0.302 e. The Morgan fingerprint density at radius 3 is 2.65 bits per heavy atom. The van der Waals surface area contributed by atoms with Gasteiger partial charge in [0, 0.05) is 6.04 Å². The van der Waals surface area contributed by atoms with Gasteiger partial charge in [0.2, 0.25) is 0 Å². The molecule has 1 aliphatic carbocycles. The number of nitrogens with one attached hydrogen (secondary N) is 1. The molecule has 0 saturated carbocycles. The minimum absolute atomic E-state index is 0.262. The molecular weight excluding hydrogens is 227 g/mol. The standard InChI is InChI=1S/C13H16F3N/c1-9(17-8-13(14,15)16)11-6-5-10-3-2-4-12(10)7-11/h5-7,9,17H,2-4,8H2,1H3. The summed E-state index contributed by atoms with van der Waals surface area (Å²) in [6.45, 7) is 0.827. The second kappa shape index (κ2) is 4.69. The van der Waals surface area contributed by atoms with E-state index in [1.165, 1.54) is 11.1 Å². The highest BCUT2D eigenvalue weighted by atomic mass is 19.4. The number of aryl methyl sites for hydroxylation is 2. The maximum Gasteiger partial charge on any atom is 0.401 e. The first-order valence-electron chi connectivity index (χ1n) is 5.87. The van der Waals surface area contributed by atoms with Gasteiger partial charge in [-0.3, -0.25) is 0 Å². The van der Waals surface area contributed by atoms with Crippen molar-refractivity contribution in [2.24, 2.45) is 0 Å². The number of alkyl halides is 3. The average molecular weight is 243 g/mol. The Morgan fingerprint density at radius 1 is 1.24 bits per heavy atom. The van der Waals surface area contributed by atoms with Crippen LogP contribution in [0.15, 0.2) is 18.2 Å². The van der Waals surface area contributed by atoms with Crippen LogP contribution in [-0.2, 0) is 12.8 Å². The first kappa shape index (κ1) is 12.4. The number of hydrogen-bond donors (Lipinski definition) is 1. The quantitative estimate of drug-likeness (QED) is 0.858. The summed E-state index contributed by atoms with van der Waals surface area (Å²) in [6.07, 6.45) is -0.844. The fourth-order valence-corrected chi connectivity index (χ4v) is 2.25. The molecule has 1 atom stereocenters. The zero-order valence-corrected chi connectivity index (χ0v) is 9.77. The monoisotopic (exact) mass is 243 g/mol. The Morgan fingerprint density at radius 2 is 1.94 bits per heavy atom. The molecular formula is C13H16F3N. The zero-order chi connectivity index (χ0) is 12.5. The third kappa shape index (κ3) is 3.22. The molecule has 1 N–H and O–H groups in total. The Hall–Kier alpha value is -1.03. The van der Waals surface area contributed by atoms with Crippen molar-refractivity contribution in [3.63, 3.8) is 0 Å². The first-order chi connectivity index (χ1) is 7.96. The lowest BCUT2D eigenvalue weighted by molar-refractivity contribution is -0.126. The maximum absolute atomic E-state index is 12.1. The molecule has 0 spiro atoms. The molecule has 1 aromatic rings. The zero-order valence-electron chi connectivity index (χ0n) is 9.77. The Kier molecular flexibility index (Phi) is 3.43. The molecule has 1 aliphatic rings. The third-order valence-electron chi connectivity index (χ3n) is 3.23. The van der Waals surface area contributed by atoms with Crippen LogP contribution in [0.25, 0.3) is 0 Å². The van der Waals surface area contributed by atoms with Gasteiger partial charge >= 0.3 is 6.18 Å². The van der Waals surface area contributed by atoms with Crippen LogP contribution in [0.1, 0.15) is 36.1 Å². The maximum atomic E-state index is 12.1. The second-order valence-electron chi connectivity index (χ2n) is 4.60. The lowest BCUT2D eigenvalue weighted by atomic mass is 10.0. The fourth-order valence-electron chi connectivity index (χ4n) is 2.25. The summed E-state index contributed by atoms with van der Waals surface area (Å²) in [5, 5.41) is 2.51. The van der Waals surface area contributed by atoms with E-state index >= 15 is 0 Å². The van der Waals surface area contributed by atoms with Crippen LogP contribution < -0.4 is 5.32 Å². The number of fused-ring (bicyclic) bond motifs is 1. The molecule has 1 unspecified atom stereocenters. The van der Waals surface area contributed by atoms with E-state index in [2.05, 4.69) is 5.32 Å². The predicted molar refractivity (Wildman–Crippen MR) is 60.9 cm³/mol. The normalized spacial score (nSPS) is 16.9. The van der Waals surface area contributed by atoms with E-state index in [0.717, 1.165) is 24.8 Å². The first-order valence-corrected chi connectivity index (χ1v) is 5.87. The van der Waals surface area contributed by atoms with E-state index in [1.54, 1.807) is 6.92 Å². The van der Waals surface area contributed by atoms with Gasteiger partial charge in [-0.15, -0.1) is 0 Å². The summed E-state index contributed by atoms with van der Waals surface area (Å²) < 4.78 is 36.3. The van der Waals surface area contributed by atoms with Crippen molar-refractivity contribution in [2.75, 3.05) is 6.54 Å². The van der Waals surface area contributed by atoms with Crippen LogP contribution in [-0.4, -0.2) is 12.7 Å². The van der Waals surface area contributed by atoms with Gasteiger partial charge in [0.1, 0.15) is 0 Å². The van der Waals surface area contributed by atoms with Gasteiger partial charge in [0.25, 0.3) is 0 Å². The summed E-state index contributed by atoms with van der Waals surface area (Å²) in [7, 11) is 0. The van der Waals surface area contributed by atoms with E-state index in [0.29, 0.717) is 0 Å². The molecule has 4 heteroatoms. The Balaban J connectivity index is 2.02. The minimum atomic E-state index is -4.15. The van der Waals surface area contributed by atoms with E-state index in [1.807, 2.05) is 18.2 Å². The fraction of sp³-hybridized carbons (Fsp3) is 0.538. The van der Waals surface area contributed by atoms with Crippen LogP contribution in [0.2, 0.25) is 0 Å². The highest BCUT2D eigenvalue weighted by Gasteiger charge is 2.27. The smallest absolute Gasteiger partial charge is 0.302 e. The van der Waals surface area contributed by atoms with Crippen molar-refractivity contribution >= 4 is 0 Å². The van der Waals surface area contributed by atoms with E-state index in [4.69, 9.17) is 0 Å². The molecule has 1 nitrogen and oxygen atoms in total. The van der Waals surface area contributed by atoms with Crippen LogP contribution in [0, 0.1) is 0 Å². The van der Waals surface area contributed by atoms with Crippen LogP contribution in [0.5, 0.6) is 0 Å². The van der Waals surface area contributed by atoms with Gasteiger partial charge in [-0.1, -0.05) is 18.2 Å². The molecule has 94 valence electrons. The van der Waals surface area contributed by atoms with Crippen molar-refractivity contribution < 1.29 is 13.2 Å². The van der Waals surface area contributed by atoms with Crippen molar-refractivity contribution in [1.29, 1.82) is 0 Å². The Bertz CT molecular complexity index is 398. The largest absolute Gasteiger partial charge is 0.401 e. The number of benzene rings is 1. The van der Waals surface area contributed by atoms with Crippen LogP contribution >= 0.6 is 0 Å². The lowest BCUT2D eigenvalue weighted by Crippen LogP contribution is -2.30. The van der Waals surface area contributed by atoms with Gasteiger partial charge in [-0.2, -0.15) is 13.2 Å². The van der Waals surface area contributed by atoms with E-state index in [-0.39, 0.29) is 6.04 Å². The van der Waals surface area contributed by atoms with Crippen molar-refractivity contribution in [3.8, 4) is 0 Å². The lowest BCUT2D eigenvalue weighted by Gasteiger charge is -2.16. The third-order valence-corrected chi connectivity index (χ3v) is 3.23. The molecule has 1 aromatic carbocycles. The highest BCUT2D eigenvalue weighted by Crippen LogP contribution is 2.25. The molecule has 17 heavy (non-hydrogen) atoms. The van der Waals surface area contributed by atoms with Gasteiger partial charge in [-0.05, 0) is 42.9 Å². The molecule has 0 radical (unpaired) electrons. The van der Waals surface area contributed by atoms with E-state index in [9.17, 15) is 13.2 Å². The SMILES string of the molecule is CC(NCC(F)(F)F)c1ccc2c(c1)CCC2. The van der Waals surface area contributed by atoms with E-state index < -0.39 is 12.7 Å². The molecule has 0 fully saturated rings. The molecule has 0 saturated heterocycles. The van der Waals surface area contributed by atoms with Crippen molar-refractivity contribution in [2.45, 2.75) is 38.4 Å². The van der Waals surface area contributed by atoms with Gasteiger partial charge < -0.3 is 5.32 Å². The van der Waals surface area contributed by atoms with Gasteiger partial charge in [0.15, 0.2) is 0 Å². The van der Waals surface area contributed by atoms with Crippen molar-refractivity contribution in [3.05, 3.63) is 34.9 Å². The summed E-state index contributed by atoms with van der Waals surface area (Å²) in [6, 6.07) is 5.75. The topological polar surface area (TPSA) is 12.0 Å². The molecule has 2 rings (SSSR count). The molecule has 0 aliphatic heterocycles. The molecule has 0 bridgehead atoms. The predicted octanol–water partition coefficient (Wildman–Crippen LogP) is 3.39. The second-order valence-corrected chi connectivity index (χ2v) is 4.60. The summed E-state index contributed by atoms with van der Waals surface area (Å²) in [5.74, 6) is 0. The summed E-state index contributed by atoms with van der Waals surface area (Å²) in [5.41, 5.74) is 3.58. The average Bonchev–Trinajstić information content (AvgIpc) is 2.71. The van der Waals surface area contributed by atoms with Crippen LogP contribution in [0.4, 0.5) is 13.2 Å². The molecule has 0 heterocycles. The van der Waals surface area contributed by atoms with Gasteiger partial charge in [-0.25, -0.2) is 0 Å². The summed E-state index contributed by atoms with van der Waals surface area (Å²) >= 11 is 0.